The Morgan fingerprint density at radius 2 is 1.83 bits per heavy atom. The van der Waals surface area contributed by atoms with E-state index in [-0.39, 0.29) is 11.9 Å². The Bertz CT molecular complexity index is 417. The van der Waals surface area contributed by atoms with Crippen LogP contribution in [-0.4, -0.2) is 41.3 Å². The lowest BCUT2D eigenvalue weighted by atomic mass is 10.1. The minimum Gasteiger partial charge on any atom is -0.350 e. The van der Waals surface area contributed by atoms with Gasteiger partial charge in [-0.25, -0.2) is 0 Å². The van der Waals surface area contributed by atoms with Gasteiger partial charge in [0.2, 0.25) is 5.91 Å². The Hall–Kier alpha value is -1.42. The summed E-state index contributed by atoms with van der Waals surface area (Å²) < 4.78 is 0. The molecule has 1 amide bonds. The van der Waals surface area contributed by atoms with E-state index < -0.39 is 0 Å². The molecule has 18 heavy (non-hydrogen) atoms. The van der Waals surface area contributed by atoms with Crippen LogP contribution in [-0.2, 0) is 4.79 Å². The van der Waals surface area contributed by atoms with E-state index in [0.717, 1.165) is 10.6 Å². The molecule has 1 aromatic carbocycles. The molecule has 0 saturated heterocycles. The Morgan fingerprint density at radius 3 is 2.28 bits per heavy atom. The maximum atomic E-state index is 11.8. The Morgan fingerprint density at radius 1 is 1.28 bits per heavy atom. The molecule has 0 spiro atoms. The second-order valence-corrected chi connectivity index (χ2v) is 5.11. The van der Waals surface area contributed by atoms with E-state index in [0.29, 0.717) is 6.54 Å². The first-order valence-electron chi connectivity index (χ1n) is 5.95. The minimum absolute atomic E-state index is 0.0574. The molecule has 0 aliphatic rings. The van der Waals surface area contributed by atoms with Crippen molar-refractivity contribution in [3.05, 3.63) is 35.9 Å². The molecular formula is C14H20N2OS. The first kappa shape index (κ1) is 14.6. The number of benzene rings is 1. The normalized spacial score (nSPS) is 11.8. The largest absolute Gasteiger partial charge is 0.350 e. The summed E-state index contributed by atoms with van der Waals surface area (Å²) in [6, 6.07) is 10.2. The highest BCUT2D eigenvalue weighted by Crippen LogP contribution is 2.20. The van der Waals surface area contributed by atoms with Gasteiger partial charge in [0, 0.05) is 14.1 Å². The third-order valence-electron chi connectivity index (χ3n) is 2.96. The summed E-state index contributed by atoms with van der Waals surface area (Å²) in [4.78, 5) is 16.1. The molecule has 0 bridgehead atoms. The lowest BCUT2D eigenvalue weighted by Gasteiger charge is -2.31. The zero-order chi connectivity index (χ0) is 13.7. The summed E-state index contributed by atoms with van der Waals surface area (Å²) in [5.41, 5.74) is 1.16. The van der Waals surface area contributed by atoms with Gasteiger partial charge in [-0.05, 0) is 19.4 Å². The van der Waals surface area contributed by atoms with E-state index in [1.165, 1.54) is 0 Å². The first-order chi connectivity index (χ1) is 8.43. The molecule has 1 rings (SSSR count). The standard InChI is InChI=1S/C14H20N2OS/c1-11(13-8-6-5-7-9-13)16(12(2)18)10-14(17)15(3)4/h5-9,11H,10H2,1-4H3. The molecule has 1 aromatic rings. The lowest BCUT2D eigenvalue weighted by Crippen LogP contribution is -2.40. The van der Waals surface area contributed by atoms with Crippen molar-refractivity contribution in [2.45, 2.75) is 19.9 Å². The van der Waals surface area contributed by atoms with Crippen LogP contribution in [0.4, 0.5) is 0 Å². The van der Waals surface area contributed by atoms with Crippen LogP contribution < -0.4 is 0 Å². The Labute approximate surface area is 114 Å². The highest BCUT2D eigenvalue weighted by molar-refractivity contribution is 7.80. The van der Waals surface area contributed by atoms with Gasteiger partial charge in [-0.15, -0.1) is 0 Å². The van der Waals surface area contributed by atoms with E-state index in [2.05, 4.69) is 19.1 Å². The van der Waals surface area contributed by atoms with Crippen molar-refractivity contribution in [3.8, 4) is 0 Å². The highest BCUT2D eigenvalue weighted by Gasteiger charge is 2.19. The van der Waals surface area contributed by atoms with Crippen LogP contribution in [0.1, 0.15) is 25.5 Å². The van der Waals surface area contributed by atoms with E-state index in [1.54, 1.807) is 19.0 Å². The third-order valence-corrected chi connectivity index (χ3v) is 3.19. The molecule has 1 atom stereocenters. The second-order valence-electron chi connectivity index (χ2n) is 4.52. The molecular weight excluding hydrogens is 244 g/mol. The second kappa shape index (κ2) is 6.50. The van der Waals surface area contributed by atoms with Crippen LogP contribution in [0.2, 0.25) is 0 Å². The summed E-state index contributed by atoms with van der Waals surface area (Å²) in [7, 11) is 3.51. The molecule has 98 valence electrons. The molecule has 0 aliphatic carbocycles. The predicted octanol–water partition coefficient (Wildman–Crippen LogP) is 2.49. The maximum absolute atomic E-state index is 11.8. The highest BCUT2D eigenvalue weighted by atomic mass is 32.1. The van der Waals surface area contributed by atoms with Gasteiger partial charge in [-0.1, -0.05) is 42.5 Å². The van der Waals surface area contributed by atoms with Gasteiger partial charge in [0.25, 0.3) is 0 Å². The number of thiocarbonyl (C=S) groups is 1. The zero-order valence-corrected chi connectivity index (χ0v) is 12.2. The molecule has 3 nitrogen and oxygen atoms in total. The number of amides is 1. The third kappa shape index (κ3) is 3.81. The smallest absolute Gasteiger partial charge is 0.241 e. The fourth-order valence-corrected chi connectivity index (χ4v) is 1.94. The van der Waals surface area contributed by atoms with E-state index in [1.807, 2.05) is 30.0 Å². The van der Waals surface area contributed by atoms with Crippen molar-refractivity contribution < 1.29 is 4.79 Å². The molecule has 0 saturated carbocycles. The number of carbonyl (C=O) groups is 1. The van der Waals surface area contributed by atoms with Crippen LogP contribution in [0, 0.1) is 0 Å². The van der Waals surface area contributed by atoms with E-state index in [9.17, 15) is 4.79 Å². The zero-order valence-electron chi connectivity index (χ0n) is 11.4. The molecule has 0 radical (unpaired) electrons. The van der Waals surface area contributed by atoms with Gasteiger partial charge in [0.1, 0.15) is 0 Å². The van der Waals surface area contributed by atoms with Gasteiger partial charge in [0.15, 0.2) is 0 Å². The summed E-state index contributed by atoms with van der Waals surface area (Å²) >= 11 is 5.25. The van der Waals surface area contributed by atoms with Crippen LogP contribution in [0.3, 0.4) is 0 Å². The molecule has 1 unspecified atom stereocenters. The maximum Gasteiger partial charge on any atom is 0.241 e. The van der Waals surface area contributed by atoms with Crippen molar-refractivity contribution in [3.63, 3.8) is 0 Å². The average molecular weight is 264 g/mol. The number of rotatable bonds is 4. The minimum atomic E-state index is 0.0574. The average Bonchev–Trinajstić information content (AvgIpc) is 2.35. The number of likely N-dealkylation sites (N-methyl/N-ethyl adjacent to an activating group) is 1. The number of hydrogen-bond acceptors (Lipinski definition) is 2. The topological polar surface area (TPSA) is 23.6 Å². The molecule has 0 fully saturated rings. The van der Waals surface area contributed by atoms with Gasteiger partial charge in [-0.2, -0.15) is 0 Å². The van der Waals surface area contributed by atoms with E-state index >= 15 is 0 Å². The van der Waals surface area contributed by atoms with Crippen molar-refractivity contribution in [1.82, 2.24) is 9.80 Å². The number of hydrogen-bond donors (Lipinski definition) is 0. The summed E-state index contributed by atoms with van der Waals surface area (Å²) in [5.74, 6) is 0.0574. The summed E-state index contributed by atoms with van der Waals surface area (Å²) in [6.45, 7) is 4.24. The monoisotopic (exact) mass is 264 g/mol. The Balaban J connectivity index is 2.86. The molecule has 0 aliphatic heterocycles. The van der Waals surface area contributed by atoms with Crippen molar-refractivity contribution in [2.24, 2.45) is 0 Å². The van der Waals surface area contributed by atoms with Crippen LogP contribution >= 0.6 is 12.2 Å². The lowest BCUT2D eigenvalue weighted by molar-refractivity contribution is -0.129. The van der Waals surface area contributed by atoms with Gasteiger partial charge in [0.05, 0.1) is 17.6 Å². The predicted molar refractivity (Wildman–Crippen MR) is 78.5 cm³/mol. The van der Waals surface area contributed by atoms with Gasteiger partial charge >= 0.3 is 0 Å². The molecule has 4 heteroatoms. The van der Waals surface area contributed by atoms with Crippen LogP contribution in [0.15, 0.2) is 30.3 Å². The SMILES string of the molecule is CC(=S)N(CC(=O)N(C)C)C(C)c1ccccc1. The number of nitrogens with zero attached hydrogens (tertiary/aromatic N) is 2. The van der Waals surface area contributed by atoms with E-state index in [4.69, 9.17) is 12.2 Å². The van der Waals surface area contributed by atoms with Crippen LogP contribution in [0.5, 0.6) is 0 Å². The van der Waals surface area contributed by atoms with Gasteiger partial charge < -0.3 is 9.80 Å². The fraction of sp³-hybridized carbons (Fsp3) is 0.429. The van der Waals surface area contributed by atoms with Crippen molar-refractivity contribution in [2.75, 3.05) is 20.6 Å². The molecule has 0 N–H and O–H groups in total. The van der Waals surface area contributed by atoms with Gasteiger partial charge in [-0.3, -0.25) is 4.79 Å². The molecule has 0 aromatic heterocycles. The molecule has 0 heterocycles. The Kier molecular flexibility index (Phi) is 5.28. The summed E-state index contributed by atoms with van der Waals surface area (Å²) in [5, 5.41) is 0. The summed E-state index contributed by atoms with van der Waals surface area (Å²) in [6.07, 6.45) is 0. The first-order valence-corrected chi connectivity index (χ1v) is 6.36. The van der Waals surface area contributed by atoms with Crippen molar-refractivity contribution >= 4 is 23.1 Å². The van der Waals surface area contributed by atoms with Crippen LogP contribution in [0.25, 0.3) is 0 Å². The fourth-order valence-electron chi connectivity index (χ4n) is 1.72. The quantitative estimate of drug-likeness (QED) is 0.781. The van der Waals surface area contributed by atoms with Crippen molar-refractivity contribution in [1.29, 1.82) is 0 Å². The number of carbonyl (C=O) groups excluding carboxylic acids is 1.